The fourth-order valence-corrected chi connectivity index (χ4v) is 1.99. The molecule has 0 aliphatic rings. The molecular weight excluding hydrogens is 286 g/mol. The van der Waals surface area contributed by atoms with Gasteiger partial charge in [-0.15, -0.1) is 0 Å². The number of benzene rings is 2. The number of carbonyl (C=O) groups is 1. The van der Waals surface area contributed by atoms with Gasteiger partial charge >= 0.3 is 0 Å². The van der Waals surface area contributed by atoms with Gasteiger partial charge in [-0.05, 0) is 30.3 Å². The third-order valence-electron chi connectivity index (χ3n) is 2.77. The molecule has 0 fully saturated rings. The molecule has 0 atom stereocenters. The van der Waals surface area contributed by atoms with E-state index >= 15 is 0 Å². The number of hydrogen-bond donors (Lipinski definition) is 2. The number of nitrogens with two attached hydrogens (primary N) is 1. The van der Waals surface area contributed by atoms with E-state index in [1.165, 1.54) is 30.3 Å². The van der Waals surface area contributed by atoms with Crippen molar-refractivity contribution in [2.75, 3.05) is 5.32 Å². The summed E-state index contributed by atoms with van der Waals surface area (Å²) < 4.78 is 26.9. The first kappa shape index (κ1) is 14.3. The van der Waals surface area contributed by atoms with E-state index in [0.29, 0.717) is 5.69 Å². The topological polar surface area (TPSA) is 55.1 Å². The van der Waals surface area contributed by atoms with E-state index < -0.39 is 17.5 Å². The van der Waals surface area contributed by atoms with Gasteiger partial charge in [0.2, 0.25) is 5.91 Å². The van der Waals surface area contributed by atoms with Gasteiger partial charge in [0, 0.05) is 17.8 Å². The molecule has 104 valence electrons. The van der Waals surface area contributed by atoms with Gasteiger partial charge in [-0.25, -0.2) is 8.78 Å². The summed E-state index contributed by atoms with van der Waals surface area (Å²) in [7, 11) is 0. The zero-order valence-electron chi connectivity index (χ0n) is 10.3. The second kappa shape index (κ2) is 5.88. The van der Waals surface area contributed by atoms with Crippen LogP contribution in [-0.4, -0.2) is 5.91 Å². The first-order chi connectivity index (χ1) is 9.49. The SMILES string of the molecule is NC(=O)c1ccc(NCc2c(F)cccc2F)cc1Cl. The summed E-state index contributed by atoms with van der Waals surface area (Å²) in [6.07, 6.45) is 0. The molecule has 0 unspecified atom stereocenters. The minimum absolute atomic E-state index is 0.0370. The van der Waals surface area contributed by atoms with Crippen LogP contribution in [0.4, 0.5) is 14.5 Å². The lowest BCUT2D eigenvalue weighted by Crippen LogP contribution is -2.12. The summed E-state index contributed by atoms with van der Waals surface area (Å²) in [5, 5.41) is 3.01. The third-order valence-corrected chi connectivity index (χ3v) is 3.08. The van der Waals surface area contributed by atoms with Crippen molar-refractivity contribution < 1.29 is 13.6 Å². The summed E-state index contributed by atoms with van der Waals surface area (Å²) in [6.45, 7) is -0.0370. The molecule has 0 radical (unpaired) electrons. The van der Waals surface area contributed by atoms with Gasteiger partial charge in [0.25, 0.3) is 0 Å². The van der Waals surface area contributed by atoms with Crippen LogP contribution in [0.1, 0.15) is 15.9 Å². The maximum Gasteiger partial charge on any atom is 0.250 e. The van der Waals surface area contributed by atoms with Gasteiger partial charge in [-0.1, -0.05) is 17.7 Å². The van der Waals surface area contributed by atoms with Crippen molar-refractivity contribution in [1.29, 1.82) is 0 Å². The monoisotopic (exact) mass is 296 g/mol. The summed E-state index contributed by atoms with van der Waals surface area (Å²) in [4.78, 5) is 11.0. The van der Waals surface area contributed by atoms with Gasteiger partial charge in [0.15, 0.2) is 0 Å². The molecule has 0 spiro atoms. The summed E-state index contributed by atoms with van der Waals surface area (Å²) in [6, 6.07) is 8.15. The van der Waals surface area contributed by atoms with E-state index in [-0.39, 0.29) is 22.7 Å². The quantitative estimate of drug-likeness (QED) is 0.909. The van der Waals surface area contributed by atoms with Crippen LogP contribution in [-0.2, 0) is 6.54 Å². The Morgan fingerprint density at radius 2 is 1.85 bits per heavy atom. The molecule has 0 aliphatic heterocycles. The molecule has 2 aromatic rings. The lowest BCUT2D eigenvalue weighted by Gasteiger charge is -2.09. The van der Waals surface area contributed by atoms with E-state index in [2.05, 4.69) is 5.32 Å². The number of hydrogen-bond acceptors (Lipinski definition) is 2. The Balaban J connectivity index is 2.16. The first-order valence-corrected chi connectivity index (χ1v) is 6.13. The average molecular weight is 297 g/mol. The Kier molecular flexibility index (Phi) is 4.20. The number of rotatable bonds is 4. The highest BCUT2D eigenvalue weighted by molar-refractivity contribution is 6.34. The van der Waals surface area contributed by atoms with Crippen LogP contribution >= 0.6 is 11.6 Å². The normalized spacial score (nSPS) is 10.3. The Morgan fingerprint density at radius 3 is 2.40 bits per heavy atom. The number of anilines is 1. The maximum absolute atomic E-state index is 13.4. The van der Waals surface area contributed by atoms with Gasteiger partial charge in [-0.3, -0.25) is 4.79 Å². The van der Waals surface area contributed by atoms with Crippen LogP contribution < -0.4 is 11.1 Å². The maximum atomic E-state index is 13.4. The number of carbonyl (C=O) groups excluding carboxylic acids is 1. The number of nitrogens with one attached hydrogen (secondary N) is 1. The summed E-state index contributed by atoms with van der Waals surface area (Å²) in [5.41, 5.74) is 5.78. The van der Waals surface area contributed by atoms with Crippen LogP contribution in [0.3, 0.4) is 0 Å². The van der Waals surface area contributed by atoms with Crippen LogP contribution in [0.5, 0.6) is 0 Å². The number of primary amides is 1. The smallest absolute Gasteiger partial charge is 0.250 e. The largest absolute Gasteiger partial charge is 0.381 e. The van der Waals surface area contributed by atoms with Crippen molar-refractivity contribution in [1.82, 2.24) is 0 Å². The van der Waals surface area contributed by atoms with E-state index in [9.17, 15) is 13.6 Å². The summed E-state index contributed by atoms with van der Waals surface area (Å²) in [5.74, 6) is -1.89. The van der Waals surface area contributed by atoms with Crippen LogP contribution in [0.25, 0.3) is 0 Å². The van der Waals surface area contributed by atoms with E-state index in [0.717, 1.165) is 0 Å². The van der Waals surface area contributed by atoms with Gasteiger partial charge in [0.05, 0.1) is 10.6 Å². The van der Waals surface area contributed by atoms with Crippen molar-refractivity contribution in [3.05, 3.63) is 64.2 Å². The van der Waals surface area contributed by atoms with Crippen LogP contribution in [0.15, 0.2) is 36.4 Å². The van der Waals surface area contributed by atoms with Crippen molar-refractivity contribution in [3.8, 4) is 0 Å². The van der Waals surface area contributed by atoms with Gasteiger partial charge in [-0.2, -0.15) is 0 Å². The van der Waals surface area contributed by atoms with Gasteiger partial charge in [0.1, 0.15) is 11.6 Å². The lowest BCUT2D eigenvalue weighted by atomic mass is 10.1. The molecular formula is C14H11ClF2N2O. The molecule has 0 aliphatic carbocycles. The Hall–Kier alpha value is -2.14. The highest BCUT2D eigenvalue weighted by Gasteiger charge is 2.10. The average Bonchev–Trinajstić information content (AvgIpc) is 2.37. The van der Waals surface area contributed by atoms with E-state index in [1.54, 1.807) is 6.07 Å². The Bertz CT molecular complexity index is 641. The summed E-state index contributed by atoms with van der Waals surface area (Å²) >= 11 is 5.88. The van der Waals surface area contributed by atoms with Crippen molar-refractivity contribution in [2.45, 2.75) is 6.54 Å². The minimum Gasteiger partial charge on any atom is -0.381 e. The molecule has 6 heteroatoms. The Labute approximate surface area is 119 Å². The number of amides is 1. The molecule has 0 bridgehead atoms. The zero-order valence-corrected chi connectivity index (χ0v) is 11.0. The molecule has 3 N–H and O–H groups in total. The lowest BCUT2D eigenvalue weighted by molar-refractivity contribution is 0.100. The third kappa shape index (κ3) is 3.05. The molecule has 0 saturated carbocycles. The second-order valence-electron chi connectivity index (χ2n) is 4.11. The molecule has 0 heterocycles. The van der Waals surface area contributed by atoms with Crippen molar-refractivity contribution in [3.63, 3.8) is 0 Å². The highest BCUT2D eigenvalue weighted by atomic mass is 35.5. The zero-order chi connectivity index (χ0) is 14.7. The van der Waals surface area contributed by atoms with Crippen molar-refractivity contribution in [2.24, 2.45) is 5.73 Å². The molecule has 0 aromatic heterocycles. The molecule has 2 aromatic carbocycles. The predicted octanol–water partition coefficient (Wildman–Crippen LogP) is 3.33. The Morgan fingerprint density at radius 1 is 1.20 bits per heavy atom. The van der Waals surface area contributed by atoms with E-state index in [1.807, 2.05) is 0 Å². The van der Waals surface area contributed by atoms with Gasteiger partial charge < -0.3 is 11.1 Å². The highest BCUT2D eigenvalue weighted by Crippen LogP contribution is 2.22. The fourth-order valence-electron chi connectivity index (χ4n) is 1.72. The number of halogens is 3. The molecule has 0 saturated heterocycles. The molecule has 3 nitrogen and oxygen atoms in total. The van der Waals surface area contributed by atoms with Crippen LogP contribution in [0.2, 0.25) is 5.02 Å². The van der Waals surface area contributed by atoms with Crippen LogP contribution in [0, 0.1) is 11.6 Å². The fraction of sp³-hybridized carbons (Fsp3) is 0.0714. The standard InChI is InChI=1S/C14H11ClF2N2O/c15-11-6-8(4-5-9(11)14(18)20)19-7-10-12(16)2-1-3-13(10)17/h1-6,19H,7H2,(H2,18,20). The molecule has 1 amide bonds. The van der Waals surface area contributed by atoms with E-state index in [4.69, 9.17) is 17.3 Å². The molecule has 2 rings (SSSR count). The molecule has 20 heavy (non-hydrogen) atoms. The second-order valence-corrected chi connectivity index (χ2v) is 4.52. The minimum atomic E-state index is -0.637. The van der Waals surface area contributed by atoms with Crippen molar-refractivity contribution >= 4 is 23.2 Å². The predicted molar refractivity (Wildman–Crippen MR) is 73.7 cm³/mol. The first-order valence-electron chi connectivity index (χ1n) is 5.75.